The molecule has 0 aromatic carbocycles. The van der Waals surface area contributed by atoms with E-state index in [1.54, 1.807) is 17.1 Å². The number of aryl methyl sites for hydroxylation is 1. The van der Waals surface area contributed by atoms with Crippen molar-refractivity contribution in [2.45, 2.75) is 6.92 Å². The van der Waals surface area contributed by atoms with Crippen molar-refractivity contribution in [2.75, 3.05) is 17.2 Å². The summed E-state index contributed by atoms with van der Waals surface area (Å²) >= 11 is 0. The number of aromatic nitrogens is 3. The molecule has 2 aromatic heterocycles. The van der Waals surface area contributed by atoms with Crippen LogP contribution in [0.5, 0.6) is 0 Å². The van der Waals surface area contributed by atoms with Crippen molar-refractivity contribution in [3.8, 4) is 0 Å². The van der Waals surface area contributed by atoms with Gasteiger partial charge in [-0.3, -0.25) is 9.67 Å². The van der Waals surface area contributed by atoms with Gasteiger partial charge in [0.1, 0.15) is 0 Å². The number of pyridine rings is 1. The normalized spacial score (nSPS) is 10.1. The summed E-state index contributed by atoms with van der Waals surface area (Å²) in [5, 5.41) is 10.6. The fourth-order valence-electron chi connectivity index (χ4n) is 1.44. The van der Waals surface area contributed by atoms with Gasteiger partial charge in [0.2, 0.25) is 0 Å². The van der Waals surface area contributed by atoms with Crippen LogP contribution in [0.3, 0.4) is 0 Å². The van der Waals surface area contributed by atoms with E-state index in [-0.39, 0.29) is 0 Å². The molecular weight excluding hydrogens is 202 g/mol. The highest BCUT2D eigenvalue weighted by Gasteiger charge is 1.99. The average Bonchev–Trinajstić information content (AvgIpc) is 2.65. The van der Waals surface area contributed by atoms with Crippen molar-refractivity contribution in [2.24, 2.45) is 7.05 Å². The van der Waals surface area contributed by atoms with Crippen molar-refractivity contribution in [3.05, 3.63) is 30.7 Å². The molecule has 0 saturated heterocycles. The maximum atomic E-state index is 4.24. The number of hydrogen-bond acceptors (Lipinski definition) is 4. The molecule has 5 nitrogen and oxygen atoms in total. The zero-order valence-corrected chi connectivity index (χ0v) is 9.44. The van der Waals surface area contributed by atoms with Crippen molar-refractivity contribution < 1.29 is 0 Å². The zero-order valence-electron chi connectivity index (χ0n) is 9.44. The van der Waals surface area contributed by atoms with Crippen LogP contribution in [0.2, 0.25) is 0 Å². The van der Waals surface area contributed by atoms with Gasteiger partial charge in [-0.25, -0.2) is 0 Å². The monoisotopic (exact) mass is 217 g/mol. The first kappa shape index (κ1) is 10.5. The molecule has 0 saturated carbocycles. The molecular formula is C11H15N5. The molecule has 0 amide bonds. The van der Waals surface area contributed by atoms with E-state index in [4.69, 9.17) is 0 Å². The Hall–Kier alpha value is -2.04. The largest absolute Gasteiger partial charge is 0.384 e. The van der Waals surface area contributed by atoms with E-state index in [1.165, 1.54) is 0 Å². The van der Waals surface area contributed by atoms with Gasteiger partial charge in [-0.1, -0.05) is 0 Å². The second kappa shape index (κ2) is 4.65. The van der Waals surface area contributed by atoms with Gasteiger partial charge in [-0.05, 0) is 13.0 Å². The molecule has 0 fully saturated rings. The molecule has 2 rings (SSSR count). The van der Waals surface area contributed by atoms with Gasteiger partial charge in [-0.15, -0.1) is 0 Å². The lowest BCUT2D eigenvalue weighted by molar-refractivity contribution is 0.771. The van der Waals surface area contributed by atoms with E-state index in [0.29, 0.717) is 0 Å². The fourth-order valence-corrected chi connectivity index (χ4v) is 1.44. The lowest BCUT2D eigenvalue weighted by atomic mass is 10.3. The maximum Gasteiger partial charge on any atom is 0.152 e. The van der Waals surface area contributed by atoms with Gasteiger partial charge in [-0.2, -0.15) is 5.10 Å². The Kier molecular flexibility index (Phi) is 3.05. The summed E-state index contributed by atoms with van der Waals surface area (Å²) in [6.07, 6.45) is 5.46. The number of nitrogens with one attached hydrogen (secondary N) is 2. The predicted octanol–water partition coefficient (Wildman–Crippen LogP) is 1.99. The molecule has 0 unspecified atom stereocenters. The van der Waals surface area contributed by atoms with Crippen LogP contribution in [0, 0.1) is 0 Å². The van der Waals surface area contributed by atoms with Crippen LogP contribution in [0.25, 0.3) is 0 Å². The molecule has 0 bridgehead atoms. The Morgan fingerprint density at radius 1 is 1.31 bits per heavy atom. The van der Waals surface area contributed by atoms with Gasteiger partial charge >= 0.3 is 0 Å². The van der Waals surface area contributed by atoms with Crippen LogP contribution in [0.15, 0.2) is 30.7 Å². The second-order valence-electron chi connectivity index (χ2n) is 3.49. The summed E-state index contributed by atoms with van der Waals surface area (Å²) in [6, 6.07) is 3.92. The minimum Gasteiger partial charge on any atom is -0.384 e. The van der Waals surface area contributed by atoms with Crippen LogP contribution in [0.1, 0.15) is 6.92 Å². The molecule has 2 heterocycles. The van der Waals surface area contributed by atoms with Crippen LogP contribution in [0.4, 0.5) is 17.2 Å². The van der Waals surface area contributed by atoms with E-state index in [1.807, 2.05) is 25.4 Å². The lowest BCUT2D eigenvalue weighted by Gasteiger charge is -2.06. The first-order chi connectivity index (χ1) is 7.78. The SMILES string of the molecule is CCNc1cncc(Nc2ccn(C)n2)c1. The van der Waals surface area contributed by atoms with Gasteiger partial charge in [0.25, 0.3) is 0 Å². The van der Waals surface area contributed by atoms with Crippen LogP contribution in [-0.4, -0.2) is 21.3 Å². The molecule has 0 radical (unpaired) electrons. The highest BCUT2D eigenvalue weighted by atomic mass is 15.3. The quantitative estimate of drug-likeness (QED) is 0.822. The van der Waals surface area contributed by atoms with E-state index < -0.39 is 0 Å². The van der Waals surface area contributed by atoms with Gasteiger partial charge in [0, 0.05) is 25.9 Å². The van der Waals surface area contributed by atoms with Gasteiger partial charge in [0.15, 0.2) is 5.82 Å². The topological polar surface area (TPSA) is 54.8 Å². The zero-order chi connectivity index (χ0) is 11.4. The first-order valence-corrected chi connectivity index (χ1v) is 5.23. The molecule has 0 aliphatic heterocycles. The fraction of sp³-hybridized carbons (Fsp3) is 0.273. The number of hydrogen-bond donors (Lipinski definition) is 2. The summed E-state index contributed by atoms with van der Waals surface area (Å²) in [5.41, 5.74) is 1.93. The highest BCUT2D eigenvalue weighted by molar-refractivity contribution is 5.60. The molecule has 5 heteroatoms. The molecule has 0 aliphatic carbocycles. The van der Waals surface area contributed by atoms with Crippen LogP contribution < -0.4 is 10.6 Å². The molecule has 2 N–H and O–H groups in total. The Morgan fingerprint density at radius 3 is 2.81 bits per heavy atom. The third-order valence-corrected chi connectivity index (χ3v) is 2.11. The predicted molar refractivity (Wildman–Crippen MR) is 64.9 cm³/mol. The van der Waals surface area contributed by atoms with Crippen molar-refractivity contribution in [3.63, 3.8) is 0 Å². The minimum absolute atomic E-state index is 0.818. The Morgan fingerprint density at radius 2 is 2.12 bits per heavy atom. The number of anilines is 3. The molecule has 84 valence electrons. The average molecular weight is 217 g/mol. The summed E-state index contributed by atoms with van der Waals surface area (Å²) < 4.78 is 1.75. The molecule has 0 atom stereocenters. The Labute approximate surface area is 94.5 Å². The van der Waals surface area contributed by atoms with Gasteiger partial charge in [0.05, 0.1) is 23.8 Å². The number of rotatable bonds is 4. The summed E-state index contributed by atoms with van der Waals surface area (Å²) in [7, 11) is 1.89. The molecule has 0 spiro atoms. The summed E-state index contributed by atoms with van der Waals surface area (Å²) in [5.74, 6) is 0.818. The van der Waals surface area contributed by atoms with Crippen molar-refractivity contribution >= 4 is 17.2 Å². The minimum atomic E-state index is 0.818. The Balaban J connectivity index is 2.12. The van der Waals surface area contributed by atoms with E-state index >= 15 is 0 Å². The van der Waals surface area contributed by atoms with Crippen LogP contribution >= 0.6 is 0 Å². The third kappa shape index (κ3) is 2.50. The highest BCUT2D eigenvalue weighted by Crippen LogP contribution is 2.16. The standard InChI is InChI=1S/C11H15N5/c1-3-13-9-6-10(8-12-7-9)14-11-4-5-16(2)15-11/h4-8,13H,3H2,1-2H3,(H,14,15). The summed E-state index contributed by atoms with van der Waals surface area (Å²) in [6.45, 7) is 2.94. The van der Waals surface area contributed by atoms with Crippen molar-refractivity contribution in [1.82, 2.24) is 14.8 Å². The van der Waals surface area contributed by atoms with Gasteiger partial charge < -0.3 is 10.6 Å². The number of nitrogens with zero attached hydrogens (tertiary/aromatic N) is 3. The molecule has 2 aromatic rings. The summed E-state index contributed by atoms with van der Waals surface area (Å²) in [4.78, 5) is 4.15. The third-order valence-electron chi connectivity index (χ3n) is 2.11. The smallest absolute Gasteiger partial charge is 0.152 e. The maximum absolute atomic E-state index is 4.24. The Bertz CT molecular complexity index is 463. The van der Waals surface area contributed by atoms with E-state index in [9.17, 15) is 0 Å². The second-order valence-corrected chi connectivity index (χ2v) is 3.49. The van der Waals surface area contributed by atoms with E-state index in [2.05, 4.69) is 27.6 Å². The first-order valence-electron chi connectivity index (χ1n) is 5.23. The lowest BCUT2D eigenvalue weighted by Crippen LogP contribution is -1.99. The van der Waals surface area contributed by atoms with Crippen molar-refractivity contribution in [1.29, 1.82) is 0 Å². The van der Waals surface area contributed by atoms with Crippen LogP contribution in [-0.2, 0) is 7.05 Å². The van der Waals surface area contributed by atoms with E-state index in [0.717, 1.165) is 23.7 Å². The molecule has 0 aliphatic rings. The molecule has 16 heavy (non-hydrogen) atoms.